The molecule has 5 heteroatoms. The topological polar surface area (TPSA) is 91.0 Å². The first-order valence-electron chi connectivity index (χ1n) is 5.14. The van der Waals surface area contributed by atoms with Crippen LogP contribution in [0.2, 0.25) is 0 Å². The van der Waals surface area contributed by atoms with Gasteiger partial charge in [-0.1, -0.05) is 20.8 Å². The Morgan fingerprint density at radius 2 is 1.93 bits per heavy atom. The van der Waals surface area contributed by atoms with E-state index in [1.807, 2.05) is 27.7 Å². The Balaban J connectivity index is 4.45. The molecular formula is C10H22N4O. The Bertz CT molecular complexity index is 232. The number of amides is 1. The molecule has 0 aliphatic heterocycles. The molecule has 0 rings (SSSR count). The number of hydrogen-bond acceptors (Lipinski definition) is 2. The summed E-state index contributed by atoms with van der Waals surface area (Å²) in [6.07, 6.45) is 0. The average Bonchev–Trinajstić information content (AvgIpc) is 2.01. The third kappa shape index (κ3) is 5.24. The third-order valence-corrected chi connectivity index (χ3v) is 2.21. The van der Waals surface area contributed by atoms with E-state index in [2.05, 4.69) is 10.6 Å². The van der Waals surface area contributed by atoms with Crippen LogP contribution in [0.25, 0.3) is 0 Å². The van der Waals surface area contributed by atoms with Crippen molar-refractivity contribution in [2.75, 3.05) is 13.1 Å². The highest BCUT2D eigenvalue weighted by atomic mass is 16.1. The molecule has 0 spiro atoms. The van der Waals surface area contributed by atoms with Crippen LogP contribution in [0.15, 0.2) is 0 Å². The number of carbonyl (C=O) groups is 1. The van der Waals surface area contributed by atoms with Crippen LogP contribution >= 0.6 is 0 Å². The zero-order chi connectivity index (χ0) is 12.1. The van der Waals surface area contributed by atoms with E-state index < -0.39 is 0 Å². The summed E-state index contributed by atoms with van der Waals surface area (Å²) in [5.74, 6) is -0.298. The molecule has 88 valence electrons. The number of carbonyl (C=O) groups excluding carboxylic acids is 1. The largest absolute Gasteiger partial charge is 0.370 e. The Hall–Kier alpha value is -1.26. The molecule has 0 aliphatic rings. The van der Waals surface area contributed by atoms with E-state index in [-0.39, 0.29) is 23.2 Å². The Morgan fingerprint density at radius 1 is 1.40 bits per heavy atom. The van der Waals surface area contributed by atoms with E-state index in [1.165, 1.54) is 0 Å². The Labute approximate surface area is 91.3 Å². The van der Waals surface area contributed by atoms with Crippen LogP contribution in [0.1, 0.15) is 27.7 Å². The summed E-state index contributed by atoms with van der Waals surface area (Å²) < 4.78 is 0. The van der Waals surface area contributed by atoms with Gasteiger partial charge in [-0.05, 0) is 12.3 Å². The van der Waals surface area contributed by atoms with E-state index in [9.17, 15) is 4.79 Å². The molecule has 0 saturated heterocycles. The van der Waals surface area contributed by atoms with Crippen LogP contribution in [0.5, 0.6) is 0 Å². The maximum atomic E-state index is 11.7. The van der Waals surface area contributed by atoms with Crippen molar-refractivity contribution in [3.05, 3.63) is 0 Å². The van der Waals surface area contributed by atoms with Crippen molar-refractivity contribution < 1.29 is 4.79 Å². The summed E-state index contributed by atoms with van der Waals surface area (Å²) in [6.45, 7) is 8.88. The van der Waals surface area contributed by atoms with Crippen LogP contribution < -0.4 is 16.4 Å². The molecule has 15 heavy (non-hydrogen) atoms. The molecule has 0 aromatic rings. The normalized spacial score (nSPS) is 13.1. The third-order valence-electron chi connectivity index (χ3n) is 2.21. The van der Waals surface area contributed by atoms with Gasteiger partial charge in [-0.15, -0.1) is 0 Å². The maximum Gasteiger partial charge on any atom is 0.225 e. The average molecular weight is 214 g/mol. The quantitative estimate of drug-likeness (QED) is 0.400. The van der Waals surface area contributed by atoms with Gasteiger partial charge in [0.25, 0.3) is 0 Å². The second-order valence-electron chi connectivity index (χ2n) is 4.61. The molecule has 1 amide bonds. The minimum Gasteiger partial charge on any atom is -0.370 e. The second kappa shape index (κ2) is 5.58. The lowest BCUT2D eigenvalue weighted by atomic mass is 9.80. The molecule has 0 bridgehead atoms. The number of nitrogens with one attached hydrogen (secondary N) is 3. The van der Waals surface area contributed by atoms with Gasteiger partial charge in [-0.2, -0.15) is 0 Å². The second-order valence-corrected chi connectivity index (χ2v) is 4.61. The monoisotopic (exact) mass is 214 g/mol. The van der Waals surface area contributed by atoms with Gasteiger partial charge in [0.2, 0.25) is 5.91 Å². The van der Waals surface area contributed by atoms with Crippen molar-refractivity contribution >= 4 is 11.9 Å². The first kappa shape index (κ1) is 13.7. The highest BCUT2D eigenvalue weighted by Crippen LogP contribution is 2.25. The van der Waals surface area contributed by atoms with E-state index in [0.29, 0.717) is 13.1 Å². The van der Waals surface area contributed by atoms with E-state index in [4.69, 9.17) is 11.1 Å². The van der Waals surface area contributed by atoms with Gasteiger partial charge >= 0.3 is 0 Å². The van der Waals surface area contributed by atoms with Crippen LogP contribution in [0.4, 0.5) is 0 Å². The van der Waals surface area contributed by atoms with Crippen molar-refractivity contribution in [1.29, 1.82) is 5.41 Å². The molecule has 0 unspecified atom stereocenters. The van der Waals surface area contributed by atoms with Crippen molar-refractivity contribution in [3.8, 4) is 0 Å². The fourth-order valence-electron chi connectivity index (χ4n) is 1.30. The maximum absolute atomic E-state index is 11.7. The molecule has 5 nitrogen and oxygen atoms in total. The first-order valence-corrected chi connectivity index (χ1v) is 5.14. The van der Waals surface area contributed by atoms with Crippen molar-refractivity contribution in [1.82, 2.24) is 10.6 Å². The zero-order valence-electron chi connectivity index (χ0n) is 9.98. The van der Waals surface area contributed by atoms with Crippen LogP contribution in [-0.2, 0) is 4.79 Å². The molecule has 0 saturated carbocycles. The molecule has 1 atom stereocenters. The summed E-state index contributed by atoms with van der Waals surface area (Å²) in [7, 11) is 0. The van der Waals surface area contributed by atoms with Gasteiger partial charge < -0.3 is 16.4 Å². The highest BCUT2D eigenvalue weighted by molar-refractivity contribution is 5.81. The molecule has 5 N–H and O–H groups in total. The van der Waals surface area contributed by atoms with E-state index in [0.717, 1.165) is 0 Å². The number of guanidine groups is 1. The predicted molar refractivity (Wildman–Crippen MR) is 61.5 cm³/mol. The molecule has 0 fully saturated rings. The minimum absolute atomic E-state index is 0.00116. The van der Waals surface area contributed by atoms with Gasteiger partial charge in [0, 0.05) is 13.1 Å². The van der Waals surface area contributed by atoms with Gasteiger partial charge in [0.05, 0.1) is 5.92 Å². The fourth-order valence-corrected chi connectivity index (χ4v) is 1.30. The van der Waals surface area contributed by atoms with Gasteiger partial charge in [-0.25, -0.2) is 0 Å². The SMILES string of the molecule is CCNC(=O)[C@H](CNC(=N)N)C(C)(C)C. The van der Waals surface area contributed by atoms with Gasteiger partial charge in [0.15, 0.2) is 5.96 Å². The smallest absolute Gasteiger partial charge is 0.225 e. The van der Waals surface area contributed by atoms with Crippen molar-refractivity contribution in [2.24, 2.45) is 17.1 Å². The van der Waals surface area contributed by atoms with Gasteiger partial charge in [0.1, 0.15) is 0 Å². The van der Waals surface area contributed by atoms with Crippen molar-refractivity contribution in [3.63, 3.8) is 0 Å². The fraction of sp³-hybridized carbons (Fsp3) is 0.800. The highest BCUT2D eigenvalue weighted by Gasteiger charge is 2.30. The van der Waals surface area contributed by atoms with Crippen LogP contribution in [-0.4, -0.2) is 25.0 Å². The molecule has 0 aromatic carbocycles. The lowest BCUT2D eigenvalue weighted by molar-refractivity contribution is -0.127. The summed E-state index contributed by atoms with van der Waals surface area (Å²) in [5, 5.41) is 12.5. The summed E-state index contributed by atoms with van der Waals surface area (Å²) >= 11 is 0. The minimum atomic E-state index is -0.193. The summed E-state index contributed by atoms with van der Waals surface area (Å²) in [6, 6.07) is 0. The lowest BCUT2D eigenvalue weighted by Gasteiger charge is -2.29. The van der Waals surface area contributed by atoms with Crippen LogP contribution in [0.3, 0.4) is 0 Å². The van der Waals surface area contributed by atoms with Crippen LogP contribution in [0, 0.1) is 16.7 Å². The predicted octanol–water partition coefficient (Wildman–Crippen LogP) is 0.268. The number of hydrogen-bond donors (Lipinski definition) is 4. The number of nitrogens with two attached hydrogens (primary N) is 1. The molecule has 0 radical (unpaired) electrons. The van der Waals surface area contributed by atoms with E-state index >= 15 is 0 Å². The first-order chi connectivity index (χ1) is 6.79. The standard InChI is InChI=1S/C10H22N4O/c1-5-13-8(15)7(10(2,3)4)6-14-9(11)12/h7H,5-6H2,1-4H3,(H,13,15)(H4,11,12,14)/t7-/m0/s1. The number of rotatable bonds is 4. The lowest BCUT2D eigenvalue weighted by Crippen LogP contribution is -2.46. The summed E-state index contributed by atoms with van der Waals surface area (Å²) in [4.78, 5) is 11.7. The van der Waals surface area contributed by atoms with Crippen molar-refractivity contribution in [2.45, 2.75) is 27.7 Å². The Morgan fingerprint density at radius 3 is 2.27 bits per heavy atom. The Kier molecular flexibility index (Phi) is 5.11. The van der Waals surface area contributed by atoms with E-state index in [1.54, 1.807) is 0 Å². The summed E-state index contributed by atoms with van der Waals surface area (Å²) in [5.41, 5.74) is 5.05. The van der Waals surface area contributed by atoms with Gasteiger partial charge in [-0.3, -0.25) is 10.2 Å². The molecular weight excluding hydrogens is 192 g/mol. The molecule has 0 aliphatic carbocycles. The zero-order valence-corrected chi connectivity index (χ0v) is 9.98. The molecule has 0 aromatic heterocycles. The molecule has 0 heterocycles.